The quantitative estimate of drug-likeness (QED) is 0.798. The van der Waals surface area contributed by atoms with Crippen LogP contribution >= 0.6 is 12.2 Å². The van der Waals surface area contributed by atoms with Crippen molar-refractivity contribution in [3.05, 3.63) is 60.1 Å². The van der Waals surface area contributed by atoms with Crippen LogP contribution in [-0.4, -0.2) is 39.8 Å². The number of thiocarbonyl (C=S) groups is 1. The van der Waals surface area contributed by atoms with E-state index in [1.165, 1.54) is 16.1 Å². The molecule has 106 valence electrons. The maximum absolute atomic E-state index is 12.4. The van der Waals surface area contributed by atoms with Crippen LogP contribution in [0, 0.1) is 0 Å². The summed E-state index contributed by atoms with van der Waals surface area (Å²) in [6, 6.07) is 12.1. The number of carbonyl (C=O) groups is 2. The molecule has 0 spiro atoms. The van der Waals surface area contributed by atoms with E-state index in [4.69, 9.17) is 16.6 Å². The first kappa shape index (κ1) is 13.5. The van der Waals surface area contributed by atoms with Crippen molar-refractivity contribution in [2.75, 3.05) is 13.1 Å². The molecule has 0 bridgehead atoms. The molecule has 0 unspecified atom stereocenters. The topological polar surface area (TPSA) is 53.8 Å². The van der Waals surface area contributed by atoms with Crippen molar-refractivity contribution in [3.63, 3.8) is 0 Å². The maximum Gasteiger partial charge on any atom is 0.295 e. The Balaban J connectivity index is 1.78. The van der Waals surface area contributed by atoms with Crippen LogP contribution in [0.25, 0.3) is 0 Å². The smallest absolute Gasteiger partial charge is 0.295 e. The fourth-order valence-electron chi connectivity index (χ4n) is 2.18. The molecule has 1 aliphatic heterocycles. The van der Waals surface area contributed by atoms with Crippen LogP contribution in [0.15, 0.2) is 53.1 Å². The molecule has 1 aromatic heterocycles. The molecule has 0 N–H and O–H groups in total. The third-order valence-electron chi connectivity index (χ3n) is 3.25. The van der Waals surface area contributed by atoms with Gasteiger partial charge in [0, 0.05) is 18.7 Å². The van der Waals surface area contributed by atoms with Crippen LogP contribution in [0.1, 0.15) is 20.9 Å². The monoisotopic (exact) mass is 300 g/mol. The van der Waals surface area contributed by atoms with E-state index in [0.29, 0.717) is 18.7 Å². The van der Waals surface area contributed by atoms with Crippen molar-refractivity contribution < 1.29 is 14.0 Å². The summed E-state index contributed by atoms with van der Waals surface area (Å²) in [5.41, 5.74) is 0.548. The van der Waals surface area contributed by atoms with Crippen LogP contribution in [0.3, 0.4) is 0 Å². The zero-order chi connectivity index (χ0) is 14.8. The van der Waals surface area contributed by atoms with Gasteiger partial charge in [-0.05, 0) is 36.5 Å². The summed E-state index contributed by atoms with van der Waals surface area (Å²) in [6.07, 6.45) is 1.43. The summed E-state index contributed by atoms with van der Waals surface area (Å²) in [6.45, 7) is 0.760. The summed E-state index contributed by atoms with van der Waals surface area (Å²) in [5, 5.41) is 0.213. The maximum atomic E-state index is 12.4. The average molecular weight is 300 g/mol. The van der Waals surface area contributed by atoms with Crippen LogP contribution in [0.2, 0.25) is 0 Å². The fraction of sp³-hybridized carbons (Fsp3) is 0.133. The third kappa shape index (κ3) is 2.45. The zero-order valence-corrected chi connectivity index (χ0v) is 11.9. The van der Waals surface area contributed by atoms with E-state index in [1.807, 2.05) is 6.07 Å². The highest BCUT2D eigenvalue weighted by Gasteiger charge is 2.35. The molecule has 1 saturated heterocycles. The van der Waals surface area contributed by atoms with Crippen LogP contribution in [0.5, 0.6) is 0 Å². The van der Waals surface area contributed by atoms with Gasteiger partial charge in [0.25, 0.3) is 11.8 Å². The molecule has 1 aliphatic rings. The first-order valence-corrected chi connectivity index (χ1v) is 6.85. The molecule has 0 saturated carbocycles. The highest BCUT2D eigenvalue weighted by molar-refractivity contribution is 7.80. The molecule has 5 nitrogen and oxygen atoms in total. The number of carbonyl (C=O) groups excluding carboxylic acids is 2. The molecule has 6 heteroatoms. The number of furan rings is 1. The Labute approximate surface area is 126 Å². The van der Waals surface area contributed by atoms with Crippen LogP contribution in [0.4, 0.5) is 0 Å². The first-order chi connectivity index (χ1) is 10.2. The van der Waals surface area contributed by atoms with E-state index in [9.17, 15) is 9.59 Å². The standard InChI is InChI=1S/C15H12N2O3S/c18-13(11-5-2-1-3-6-11)16-8-9-17(15(16)21)14(19)12-7-4-10-20-12/h1-7,10H,8-9H2. The first-order valence-electron chi connectivity index (χ1n) is 6.45. The minimum Gasteiger partial charge on any atom is -0.459 e. The fourth-order valence-corrected chi connectivity index (χ4v) is 2.53. The highest BCUT2D eigenvalue weighted by atomic mass is 32.1. The third-order valence-corrected chi connectivity index (χ3v) is 3.69. The van der Waals surface area contributed by atoms with E-state index in [-0.39, 0.29) is 22.7 Å². The zero-order valence-electron chi connectivity index (χ0n) is 11.1. The van der Waals surface area contributed by atoms with Gasteiger partial charge in [-0.2, -0.15) is 0 Å². The van der Waals surface area contributed by atoms with E-state index in [0.717, 1.165) is 0 Å². The lowest BCUT2D eigenvalue weighted by Crippen LogP contribution is -2.38. The summed E-state index contributed by atoms with van der Waals surface area (Å²) in [4.78, 5) is 27.4. The van der Waals surface area contributed by atoms with Gasteiger partial charge < -0.3 is 4.42 Å². The summed E-state index contributed by atoms with van der Waals surface area (Å²) in [5.74, 6) is -0.310. The lowest BCUT2D eigenvalue weighted by molar-refractivity contribution is 0.0830. The van der Waals surface area contributed by atoms with Gasteiger partial charge >= 0.3 is 0 Å². The average Bonchev–Trinajstić information content (AvgIpc) is 3.16. The molecule has 2 aromatic rings. The Morgan fingerprint density at radius 1 is 0.952 bits per heavy atom. The number of benzene rings is 1. The van der Waals surface area contributed by atoms with E-state index >= 15 is 0 Å². The molecule has 0 aliphatic carbocycles. The minimum absolute atomic E-state index is 0.199. The van der Waals surface area contributed by atoms with Gasteiger partial charge in [-0.25, -0.2) is 0 Å². The minimum atomic E-state index is -0.326. The predicted octanol–water partition coefficient (Wildman–Crippen LogP) is 2.16. The van der Waals surface area contributed by atoms with E-state index in [1.54, 1.807) is 36.4 Å². The molecule has 1 fully saturated rings. The Morgan fingerprint density at radius 3 is 2.24 bits per heavy atom. The SMILES string of the molecule is O=C(c1ccccc1)N1CCN(C(=O)c2ccco2)C1=S. The largest absolute Gasteiger partial charge is 0.459 e. The van der Waals surface area contributed by atoms with E-state index < -0.39 is 0 Å². The van der Waals surface area contributed by atoms with Crippen LogP contribution in [-0.2, 0) is 0 Å². The second-order valence-electron chi connectivity index (χ2n) is 4.54. The van der Waals surface area contributed by atoms with Crippen molar-refractivity contribution in [2.45, 2.75) is 0 Å². The van der Waals surface area contributed by atoms with Crippen molar-refractivity contribution in [3.8, 4) is 0 Å². The molecule has 21 heavy (non-hydrogen) atoms. The molecule has 0 atom stereocenters. The number of amides is 2. The lowest BCUT2D eigenvalue weighted by Gasteiger charge is -2.18. The summed E-state index contributed by atoms with van der Waals surface area (Å²) < 4.78 is 5.08. The second kappa shape index (κ2) is 5.49. The summed E-state index contributed by atoms with van der Waals surface area (Å²) >= 11 is 5.26. The van der Waals surface area contributed by atoms with Gasteiger partial charge in [-0.15, -0.1) is 0 Å². The molecular formula is C15H12N2O3S. The Hall–Kier alpha value is -2.47. The number of rotatable bonds is 2. The highest BCUT2D eigenvalue weighted by Crippen LogP contribution is 2.17. The Kier molecular flexibility index (Phi) is 3.53. The molecule has 2 heterocycles. The van der Waals surface area contributed by atoms with Gasteiger partial charge in [-0.1, -0.05) is 18.2 Å². The molecule has 0 radical (unpaired) electrons. The van der Waals surface area contributed by atoms with Gasteiger partial charge in [0.2, 0.25) is 0 Å². The van der Waals surface area contributed by atoms with Gasteiger partial charge in [0.1, 0.15) is 0 Å². The van der Waals surface area contributed by atoms with Gasteiger partial charge in [0.15, 0.2) is 10.9 Å². The van der Waals surface area contributed by atoms with Crippen LogP contribution < -0.4 is 0 Å². The Bertz CT molecular complexity index is 682. The number of nitrogens with zero attached hydrogens (tertiary/aromatic N) is 2. The van der Waals surface area contributed by atoms with Crippen molar-refractivity contribution in [2.24, 2.45) is 0 Å². The molecule has 2 amide bonds. The van der Waals surface area contributed by atoms with Crippen molar-refractivity contribution in [1.29, 1.82) is 0 Å². The number of hydrogen-bond donors (Lipinski definition) is 0. The Morgan fingerprint density at radius 2 is 1.62 bits per heavy atom. The summed E-state index contributed by atoms with van der Waals surface area (Å²) in [7, 11) is 0. The normalized spacial score (nSPS) is 14.6. The van der Waals surface area contributed by atoms with Gasteiger partial charge in [-0.3, -0.25) is 19.4 Å². The second-order valence-corrected chi connectivity index (χ2v) is 4.90. The predicted molar refractivity (Wildman–Crippen MR) is 79.8 cm³/mol. The van der Waals surface area contributed by atoms with Gasteiger partial charge in [0.05, 0.1) is 6.26 Å². The molecule has 3 rings (SSSR count). The van der Waals surface area contributed by atoms with Crippen molar-refractivity contribution in [1.82, 2.24) is 9.80 Å². The molecular weight excluding hydrogens is 288 g/mol. The molecule has 1 aromatic carbocycles. The lowest BCUT2D eigenvalue weighted by atomic mass is 10.2. The van der Waals surface area contributed by atoms with E-state index in [2.05, 4.69) is 0 Å². The number of hydrogen-bond acceptors (Lipinski definition) is 4. The van der Waals surface area contributed by atoms with Crippen molar-refractivity contribution >= 4 is 29.1 Å².